The summed E-state index contributed by atoms with van der Waals surface area (Å²) in [4.78, 5) is 23.0. The highest BCUT2D eigenvalue weighted by Gasteiger charge is 2.06. The minimum atomic E-state index is -0.278. The largest absolute Gasteiger partial charge is 0.326 e. The van der Waals surface area contributed by atoms with Gasteiger partial charge in [-0.2, -0.15) is 5.26 Å². The fraction of sp³-hybridized carbons (Fsp3) is 0.0625. The van der Waals surface area contributed by atoms with Gasteiger partial charge in [-0.25, -0.2) is 0 Å². The Labute approximate surface area is 122 Å². The number of rotatable bonds is 3. The molecular weight excluding hydrogens is 266 g/mol. The Morgan fingerprint density at radius 1 is 1.00 bits per heavy atom. The lowest BCUT2D eigenvalue weighted by Crippen LogP contribution is -2.12. The Balaban J connectivity index is 2.09. The topological polar surface area (TPSA) is 82.0 Å². The van der Waals surface area contributed by atoms with Gasteiger partial charge < -0.3 is 10.6 Å². The minimum absolute atomic E-state index is 0.166. The van der Waals surface area contributed by atoms with E-state index < -0.39 is 0 Å². The monoisotopic (exact) mass is 279 g/mol. The number of nitrogens with zero attached hydrogens (tertiary/aromatic N) is 1. The van der Waals surface area contributed by atoms with Crippen molar-refractivity contribution < 1.29 is 9.59 Å². The van der Waals surface area contributed by atoms with Crippen molar-refractivity contribution in [1.82, 2.24) is 0 Å². The second-order valence-electron chi connectivity index (χ2n) is 4.41. The van der Waals surface area contributed by atoms with Gasteiger partial charge in [-0.05, 0) is 42.5 Å². The average molecular weight is 279 g/mol. The van der Waals surface area contributed by atoms with Gasteiger partial charge in [-0.3, -0.25) is 9.59 Å². The van der Waals surface area contributed by atoms with Crippen molar-refractivity contribution >= 4 is 23.2 Å². The minimum Gasteiger partial charge on any atom is -0.326 e. The highest BCUT2D eigenvalue weighted by atomic mass is 16.2. The standard InChI is InChI=1S/C16H13N3O2/c1-11(20)18-14-7-5-13(6-8-14)16(21)19-15-4-2-3-12(9-15)10-17/h2-9H,1H3,(H,18,20)(H,19,21). The second kappa shape index (κ2) is 6.35. The molecule has 0 aliphatic heterocycles. The lowest BCUT2D eigenvalue weighted by molar-refractivity contribution is -0.114. The number of amides is 2. The van der Waals surface area contributed by atoms with E-state index in [-0.39, 0.29) is 11.8 Å². The number of hydrogen-bond donors (Lipinski definition) is 2. The van der Waals surface area contributed by atoms with E-state index in [9.17, 15) is 9.59 Å². The van der Waals surface area contributed by atoms with Crippen LogP contribution in [0.1, 0.15) is 22.8 Å². The molecule has 5 nitrogen and oxygen atoms in total. The number of carbonyl (C=O) groups is 2. The lowest BCUT2D eigenvalue weighted by Gasteiger charge is -2.07. The van der Waals surface area contributed by atoms with E-state index in [1.165, 1.54) is 6.92 Å². The van der Waals surface area contributed by atoms with Crippen LogP contribution in [-0.4, -0.2) is 11.8 Å². The molecule has 2 rings (SSSR count). The van der Waals surface area contributed by atoms with Crippen molar-refractivity contribution in [2.24, 2.45) is 0 Å². The van der Waals surface area contributed by atoms with E-state index in [1.807, 2.05) is 6.07 Å². The van der Waals surface area contributed by atoms with Gasteiger partial charge in [0.2, 0.25) is 5.91 Å². The Hall–Kier alpha value is -3.13. The third kappa shape index (κ3) is 3.91. The van der Waals surface area contributed by atoms with Gasteiger partial charge in [0.15, 0.2) is 0 Å². The molecule has 0 fully saturated rings. The summed E-state index contributed by atoms with van der Waals surface area (Å²) in [5.41, 5.74) is 2.13. The molecule has 2 amide bonds. The number of anilines is 2. The number of hydrogen-bond acceptors (Lipinski definition) is 3. The number of nitriles is 1. The summed E-state index contributed by atoms with van der Waals surface area (Å²) in [6.45, 7) is 1.42. The van der Waals surface area contributed by atoms with Gasteiger partial charge in [-0.1, -0.05) is 6.07 Å². The highest BCUT2D eigenvalue weighted by molar-refractivity contribution is 6.04. The summed E-state index contributed by atoms with van der Waals surface area (Å²) >= 11 is 0. The molecule has 0 unspecified atom stereocenters. The maximum atomic E-state index is 12.1. The van der Waals surface area contributed by atoms with Crippen LogP contribution in [0.25, 0.3) is 0 Å². The van der Waals surface area contributed by atoms with Crippen LogP contribution in [0.5, 0.6) is 0 Å². The van der Waals surface area contributed by atoms with E-state index in [1.54, 1.807) is 48.5 Å². The zero-order valence-corrected chi connectivity index (χ0v) is 11.4. The van der Waals surface area contributed by atoms with Crippen molar-refractivity contribution in [3.63, 3.8) is 0 Å². The zero-order valence-electron chi connectivity index (χ0n) is 11.4. The number of nitrogens with one attached hydrogen (secondary N) is 2. The fourth-order valence-corrected chi connectivity index (χ4v) is 1.78. The van der Waals surface area contributed by atoms with Gasteiger partial charge in [0.05, 0.1) is 11.6 Å². The third-order valence-electron chi connectivity index (χ3n) is 2.72. The smallest absolute Gasteiger partial charge is 0.255 e. The Morgan fingerprint density at radius 3 is 2.33 bits per heavy atom. The molecule has 0 heterocycles. The van der Waals surface area contributed by atoms with Gasteiger partial charge in [0.25, 0.3) is 5.91 Å². The summed E-state index contributed by atoms with van der Waals surface area (Å²) in [5, 5.41) is 14.2. The van der Waals surface area contributed by atoms with Crippen LogP contribution in [0.2, 0.25) is 0 Å². The third-order valence-corrected chi connectivity index (χ3v) is 2.72. The van der Waals surface area contributed by atoms with Gasteiger partial charge in [-0.15, -0.1) is 0 Å². The van der Waals surface area contributed by atoms with Crippen LogP contribution in [0, 0.1) is 11.3 Å². The van der Waals surface area contributed by atoms with Gasteiger partial charge in [0, 0.05) is 23.9 Å². The normalized spacial score (nSPS) is 9.52. The molecular formula is C16H13N3O2. The van der Waals surface area contributed by atoms with Crippen LogP contribution in [0.3, 0.4) is 0 Å². The molecule has 0 spiro atoms. The first-order valence-electron chi connectivity index (χ1n) is 6.27. The quantitative estimate of drug-likeness (QED) is 0.906. The molecule has 0 radical (unpaired) electrons. The predicted octanol–water partition coefficient (Wildman–Crippen LogP) is 2.77. The van der Waals surface area contributed by atoms with Crippen molar-refractivity contribution in [1.29, 1.82) is 5.26 Å². The molecule has 2 aromatic carbocycles. The van der Waals surface area contributed by atoms with E-state index in [2.05, 4.69) is 10.6 Å². The fourth-order valence-electron chi connectivity index (χ4n) is 1.78. The average Bonchev–Trinajstić information content (AvgIpc) is 2.47. The van der Waals surface area contributed by atoms with E-state index >= 15 is 0 Å². The molecule has 2 N–H and O–H groups in total. The van der Waals surface area contributed by atoms with E-state index in [0.29, 0.717) is 22.5 Å². The molecule has 0 atom stereocenters. The SMILES string of the molecule is CC(=O)Nc1ccc(C(=O)Nc2cccc(C#N)c2)cc1. The van der Waals surface area contributed by atoms with Crippen LogP contribution in [0.15, 0.2) is 48.5 Å². The lowest BCUT2D eigenvalue weighted by atomic mass is 10.1. The van der Waals surface area contributed by atoms with E-state index in [4.69, 9.17) is 5.26 Å². The molecule has 0 saturated carbocycles. The van der Waals surface area contributed by atoms with Crippen molar-refractivity contribution in [3.05, 3.63) is 59.7 Å². The van der Waals surface area contributed by atoms with Crippen LogP contribution in [-0.2, 0) is 4.79 Å². The first kappa shape index (κ1) is 14.3. The molecule has 21 heavy (non-hydrogen) atoms. The summed E-state index contributed by atoms with van der Waals surface area (Å²) in [5.74, 6) is -0.444. The van der Waals surface area contributed by atoms with Crippen molar-refractivity contribution in [2.75, 3.05) is 10.6 Å². The Bertz CT molecular complexity index is 715. The molecule has 0 aromatic heterocycles. The predicted molar refractivity (Wildman–Crippen MR) is 79.9 cm³/mol. The first-order valence-corrected chi connectivity index (χ1v) is 6.27. The molecule has 104 valence electrons. The van der Waals surface area contributed by atoms with Crippen molar-refractivity contribution in [2.45, 2.75) is 6.92 Å². The number of carbonyl (C=O) groups excluding carboxylic acids is 2. The molecule has 0 aliphatic carbocycles. The maximum absolute atomic E-state index is 12.1. The maximum Gasteiger partial charge on any atom is 0.255 e. The molecule has 0 saturated heterocycles. The van der Waals surface area contributed by atoms with Crippen LogP contribution < -0.4 is 10.6 Å². The molecule has 0 bridgehead atoms. The second-order valence-corrected chi connectivity index (χ2v) is 4.41. The Kier molecular flexibility index (Phi) is 4.32. The number of benzene rings is 2. The summed E-state index contributed by atoms with van der Waals surface area (Å²) in [6, 6.07) is 15.2. The van der Waals surface area contributed by atoms with E-state index in [0.717, 1.165) is 0 Å². The molecule has 5 heteroatoms. The highest BCUT2D eigenvalue weighted by Crippen LogP contribution is 2.14. The summed E-state index contributed by atoms with van der Waals surface area (Å²) in [7, 11) is 0. The summed E-state index contributed by atoms with van der Waals surface area (Å²) < 4.78 is 0. The Morgan fingerprint density at radius 2 is 1.71 bits per heavy atom. The van der Waals surface area contributed by atoms with Gasteiger partial charge >= 0.3 is 0 Å². The summed E-state index contributed by atoms with van der Waals surface area (Å²) in [6.07, 6.45) is 0. The van der Waals surface area contributed by atoms with Crippen LogP contribution in [0.4, 0.5) is 11.4 Å². The molecule has 0 aliphatic rings. The molecule has 2 aromatic rings. The zero-order chi connectivity index (χ0) is 15.2. The van der Waals surface area contributed by atoms with Crippen molar-refractivity contribution in [3.8, 4) is 6.07 Å². The first-order chi connectivity index (χ1) is 10.1. The van der Waals surface area contributed by atoms with Gasteiger partial charge in [0.1, 0.15) is 0 Å². The van der Waals surface area contributed by atoms with Crippen LogP contribution >= 0.6 is 0 Å².